The van der Waals surface area contributed by atoms with E-state index in [1.165, 1.54) is 12.8 Å². The van der Waals surface area contributed by atoms with Crippen molar-refractivity contribution in [2.45, 2.75) is 25.9 Å². The molecular weight excluding hydrogens is 296 g/mol. The molecule has 1 aliphatic carbocycles. The van der Waals surface area contributed by atoms with Gasteiger partial charge in [-0.15, -0.1) is 0 Å². The first-order valence-corrected chi connectivity index (χ1v) is 6.95. The maximum Gasteiger partial charge on any atom is 0.323 e. The van der Waals surface area contributed by atoms with Gasteiger partial charge in [-0.1, -0.05) is 22.9 Å². The van der Waals surface area contributed by atoms with Crippen LogP contribution in [-0.2, 0) is 0 Å². The van der Waals surface area contributed by atoms with Crippen LogP contribution in [-0.4, -0.2) is 15.1 Å². The molecule has 0 aliphatic heterocycles. The molecule has 1 fully saturated rings. The summed E-state index contributed by atoms with van der Waals surface area (Å²) < 4.78 is 0.838. The first-order valence-electron chi connectivity index (χ1n) is 6.16. The molecule has 96 valence electrons. The van der Waals surface area contributed by atoms with E-state index in [0.717, 1.165) is 21.1 Å². The minimum absolute atomic E-state index is 0.223. The molecule has 1 aromatic carbocycles. The number of benzene rings is 1. The van der Waals surface area contributed by atoms with Crippen LogP contribution in [0.2, 0.25) is 0 Å². The van der Waals surface area contributed by atoms with Gasteiger partial charge in [-0.2, -0.15) is 0 Å². The van der Waals surface area contributed by atoms with Crippen molar-refractivity contribution in [2.75, 3.05) is 0 Å². The molecule has 3 N–H and O–H groups in total. The molecule has 1 aromatic heterocycles. The average Bonchev–Trinajstić information content (AvgIpc) is 3.09. The van der Waals surface area contributed by atoms with Crippen molar-refractivity contribution in [1.82, 2.24) is 9.97 Å². The van der Waals surface area contributed by atoms with Crippen molar-refractivity contribution in [3.8, 4) is 0 Å². The Hall–Kier alpha value is -1.07. The maximum atomic E-state index is 11.2. The summed E-state index contributed by atoms with van der Waals surface area (Å²) in [7, 11) is 0. The Morgan fingerprint density at radius 1 is 1.33 bits per heavy atom. The van der Waals surface area contributed by atoms with E-state index < -0.39 is 6.10 Å². The molecule has 1 saturated carbocycles. The zero-order chi connectivity index (χ0) is 12.9. The number of hydrogen-bond donors (Lipinski definition) is 3. The van der Waals surface area contributed by atoms with E-state index in [-0.39, 0.29) is 11.6 Å². The highest BCUT2D eigenvalue weighted by Gasteiger charge is 2.33. The normalized spacial score (nSPS) is 19.1. The molecule has 0 radical (unpaired) electrons. The molecule has 1 aliphatic rings. The van der Waals surface area contributed by atoms with Gasteiger partial charge in [0, 0.05) is 4.47 Å². The molecule has 2 unspecified atom stereocenters. The fourth-order valence-corrected chi connectivity index (χ4v) is 3.04. The van der Waals surface area contributed by atoms with Crippen molar-refractivity contribution in [3.05, 3.63) is 32.7 Å². The number of aliphatic hydroxyl groups is 1. The molecule has 0 bridgehead atoms. The first-order chi connectivity index (χ1) is 8.56. The summed E-state index contributed by atoms with van der Waals surface area (Å²) in [6, 6.07) is 3.69. The van der Waals surface area contributed by atoms with Crippen LogP contribution in [0.4, 0.5) is 0 Å². The Labute approximate surface area is 113 Å². The summed E-state index contributed by atoms with van der Waals surface area (Å²) in [6.07, 6.45) is 1.92. The van der Waals surface area contributed by atoms with Gasteiger partial charge in [0.2, 0.25) is 0 Å². The standard InChI is InChI=1S/C13H15BrN2O2/c1-6(7-2-3-7)12(17)8-4-10-11(5-9(8)14)16-13(18)15-10/h4-7,12,17H,2-3H2,1H3,(H2,15,16,18). The van der Waals surface area contributed by atoms with Gasteiger partial charge in [-0.3, -0.25) is 0 Å². The second-order valence-electron chi connectivity index (χ2n) is 5.14. The number of nitrogens with one attached hydrogen (secondary N) is 2. The fraction of sp³-hybridized carbons (Fsp3) is 0.462. The molecule has 0 amide bonds. The second-order valence-corrected chi connectivity index (χ2v) is 5.99. The third-order valence-electron chi connectivity index (χ3n) is 3.82. The van der Waals surface area contributed by atoms with Crippen molar-refractivity contribution in [1.29, 1.82) is 0 Å². The Morgan fingerprint density at radius 2 is 1.94 bits per heavy atom. The summed E-state index contributed by atoms with van der Waals surface area (Å²) in [5.41, 5.74) is 2.11. The molecular formula is C13H15BrN2O2. The molecule has 4 nitrogen and oxygen atoms in total. The number of aromatic amines is 2. The van der Waals surface area contributed by atoms with Crippen LogP contribution < -0.4 is 5.69 Å². The quantitative estimate of drug-likeness (QED) is 0.816. The fourth-order valence-electron chi connectivity index (χ4n) is 2.46. The molecule has 0 spiro atoms. The van der Waals surface area contributed by atoms with Crippen LogP contribution in [0.25, 0.3) is 11.0 Å². The minimum Gasteiger partial charge on any atom is -0.388 e. The predicted molar refractivity (Wildman–Crippen MR) is 73.5 cm³/mol. The zero-order valence-corrected chi connectivity index (χ0v) is 11.6. The van der Waals surface area contributed by atoms with E-state index in [0.29, 0.717) is 5.92 Å². The lowest BCUT2D eigenvalue weighted by molar-refractivity contribution is 0.105. The number of halogens is 1. The third kappa shape index (κ3) is 2.01. The van der Waals surface area contributed by atoms with Crippen molar-refractivity contribution < 1.29 is 5.11 Å². The van der Waals surface area contributed by atoms with Gasteiger partial charge in [0.15, 0.2) is 0 Å². The maximum absolute atomic E-state index is 11.2. The van der Waals surface area contributed by atoms with Crippen LogP contribution in [0.15, 0.2) is 21.4 Å². The molecule has 5 heteroatoms. The van der Waals surface area contributed by atoms with Crippen molar-refractivity contribution in [3.63, 3.8) is 0 Å². The summed E-state index contributed by atoms with van der Waals surface area (Å²) >= 11 is 3.47. The van der Waals surface area contributed by atoms with Crippen LogP contribution in [0.1, 0.15) is 31.4 Å². The topological polar surface area (TPSA) is 68.9 Å². The lowest BCUT2D eigenvalue weighted by atomic mass is 9.93. The number of imidazole rings is 1. The highest BCUT2D eigenvalue weighted by Crippen LogP contribution is 2.44. The SMILES string of the molecule is CC(C1CC1)C(O)c1cc2[nH]c(=O)[nH]c2cc1Br. The van der Waals surface area contributed by atoms with E-state index in [9.17, 15) is 9.90 Å². The Morgan fingerprint density at radius 3 is 2.56 bits per heavy atom. The molecule has 2 aromatic rings. The van der Waals surface area contributed by atoms with Crippen LogP contribution >= 0.6 is 15.9 Å². The summed E-state index contributed by atoms with van der Waals surface area (Å²) in [5.74, 6) is 0.886. The predicted octanol–water partition coefficient (Wildman–Crippen LogP) is 2.70. The first kappa shape index (κ1) is 12.0. The zero-order valence-electron chi connectivity index (χ0n) is 10.0. The molecule has 1 heterocycles. The number of fused-ring (bicyclic) bond motifs is 1. The average molecular weight is 311 g/mol. The smallest absolute Gasteiger partial charge is 0.323 e. The number of H-pyrrole nitrogens is 2. The van der Waals surface area contributed by atoms with Crippen LogP contribution in [0.5, 0.6) is 0 Å². The third-order valence-corrected chi connectivity index (χ3v) is 4.50. The monoisotopic (exact) mass is 310 g/mol. The van der Waals surface area contributed by atoms with E-state index in [4.69, 9.17) is 0 Å². The van der Waals surface area contributed by atoms with Crippen molar-refractivity contribution >= 4 is 27.0 Å². The molecule has 2 atom stereocenters. The summed E-state index contributed by atoms with van der Waals surface area (Å²) in [6.45, 7) is 2.08. The summed E-state index contributed by atoms with van der Waals surface area (Å²) in [5, 5.41) is 10.4. The second kappa shape index (κ2) is 4.24. The van der Waals surface area contributed by atoms with Crippen molar-refractivity contribution in [2.24, 2.45) is 11.8 Å². The lowest BCUT2D eigenvalue weighted by Crippen LogP contribution is -2.11. The molecule has 18 heavy (non-hydrogen) atoms. The lowest BCUT2D eigenvalue weighted by Gasteiger charge is -2.20. The summed E-state index contributed by atoms with van der Waals surface area (Å²) in [4.78, 5) is 16.7. The van der Waals surface area contributed by atoms with E-state index in [1.807, 2.05) is 12.1 Å². The van der Waals surface area contributed by atoms with Gasteiger partial charge in [0.25, 0.3) is 0 Å². The Bertz CT molecular complexity index is 642. The molecule has 0 saturated heterocycles. The van der Waals surface area contributed by atoms with Crippen LogP contribution in [0.3, 0.4) is 0 Å². The van der Waals surface area contributed by atoms with E-state index in [1.54, 1.807) is 0 Å². The van der Waals surface area contributed by atoms with Gasteiger partial charge >= 0.3 is 5.69 Å². The largest absolute Gasteiger partial charge is 0.388 e. The minimum atomic E-state index is -0.491. The van der Waals surface area contributed by atoms with Gasteiger partial charge in [-0.25, -0.2) is 4.79 Å². The van der Waals surface area contributed by atoms with E-state index >= 15 is 0 Å². The van der Waals surface area contributed by atoms with Gasteiger partial charge in [0.1, 0.15) is 0 Å². The highest BCUT2D eigenvalue weighted by molar-refractivity contribution is 9.10. The number of hydrogen-bond acceptors (Lipinski definition) is 2. The Kier molecular flexibility index (Phi) is 2.83. The number of aromatic nitrogens is 2. The van der Waals surface area contributed by atoms with Gasteiger partial charge in [-0.05, 0) is 42.4 Å². The number of rotatable bonds is 3. The van der Waals surface area contributed by atoms with Gasteiger partial charge in [0.05, 0.1) is 17.1 Å². The Balaban J connectivity index is 2.04. The molecule has 3 rings (SSSR count). The highest BCUT2D eigenvalue weighted by atomic mass is 79.9. The van der Waals surface area contributed by atoms with Gasteiger partial charge < -0.3 is 15.1 Å². The number of aliphatic hydroxyl groups excluding tert-OH is 1. The van der Waals surface area contributed by atoms with E-state index in [2.05, 4.69) is 32.8 Å². The van der Waals surface area contributed by atoms with Crippen LogP contribution in [0, 0.1) is 11.8 Å².